The summed E-state index contributed by atoms with van der Waals surface area (Å²) < 4.78 is 5.59. The van der Waals surface area contributed by atoms with Gasteiger partial charge in [-0.25, -0.2) is 0 Å². The molecular formula is C12H24N4O2. The molecule has 2 N–H and O–H groups in total. The molecule has 0 aliphatic heterocycles. The Morgan fingerprint density at radius 3 is 2.61 bits per heavy atom. The Kier molecular flexibility index (Phi) is 5.55. The summed E-state index contributed by atoms with van der Waals surface area (Å²) in [6, 6.07) is 0.525. The van der Waals surface area contributed by atoms with Gasteiger partial charge >= 0.3 is 6.01 Å². The third kappa shape index (κ3) is 5.01. The molecule has 0 aromatic carbocycles. The highest BCUT2D eigenvalue weighted by atomic mass is 16.4. The summed E-state index contributed by atoms with van der Waals surface area (Å²) in [6.45, 7) is 10.5. The van der Waals surface area contributed by atoms with E-state index in [2.05, 4.69) is 36.3 Å². The normalized spacial score (nSPS) is 11.8. The molecule has 0 radical (unpaired) electrons. The second-order valence-electron chi connectivity index (χ2n) is 5.24. The quantitative estimate of drug-likeness (QED) is 0.762. The minimum atomic E-state index is 0.0238. The molecule has 0 spiro atoms. The van der Waals surface area contributed by atoms with Gasteiger partial charge in [0, 0.05) is 25.2 Å². The standard InChI is InChI=1S/C12H24N4O2/c1-5-16(7-6-8-17)11-15-14-10(18-11)9-13-12(2,3)4/h13,17H,5-9H2,1-4H3. The van der Waals surface area contributed by atoms with Crippen LogP contribution in [0.2, 0.25) is 0 Å². The summed E-state index contributed by atoms with van der Waals surface area (Å²) in [6.07, 6.45) is 0.700. The van der Waals surface area contributed by atoms with E-state index in [0.29, 0.717) is 24.9 Å². The summed E-state index contributed by atoms with van der Waals surface area (Å²) in [5.74, 6) is 0.586. The van der Waals surface area contributed by atoms with E-state index in [9.17, 15) is 0 Å². The Labute approximate surface area is 108 Å². The predicted octanol–water partition coefficient (Wildman–Crippen LogP) is 1.17. The van der Waals surface area contributed by atoms with Gasteiger partial charge in [-0.15, -0.1) is 5.10 Å². The van der Waals surface area contributed by atoms with E-state index < -0.39 is 0 Å². The van der Waals surface area contributed by atoms with Crippen LogP contribution in [-0.2, 0) is 6.54 Å². The highest BCUT2D eigenvalue weighted by Gasteiger charge is 2.15. The second kappa shape index (κ2) is 6.70. The van der Waals surface area contributed by atoms with E-state index >= 15 is 0 Å². The molecule has 0 unspecified atom stereocenters. The molecular weight excluding hydrogens is 232 g/mol. The van der Waals surface area contributed by atoms with Crippen molar-refractivity contribution in [2.75, 3.05) is 24.6 Å². The van der Waals surface area contributed by atoms with Crippen molar-refractivity contribution in [1.82, 2.24) is 15.5 Å². The van der Waals surface area contributed by atoms with Crippen molar-refractivity contribution in [2.24, 2.45) is 0 Å². The van der Waals surface area contributed by atoms with E-state index in [1.54, 1.807) is 0 Å². The Hall–Kier alpha value is -1.14. The minimum absolute atomic E-state index is 0.0238. The minimum Gasteiger partial charge on any atom is -0.407 e. The maximum Gasteiger partial charge on any atom is 0.318 e. The van der Waals surface area contributed by atoms with Crippen LogP contribution in [0, 0.1) is 0 Å². The van der Waals surface area contributed by atoms with E-state index in [1.807, 2.05) is 11.8 Å². The monoisotopic (exact) mass is 256 g/mol. The molecule has 0 bridgehead atoms. The van der Waals surface area contributed by atoms with Gasteiger partial charge in [0.05, 0.1) is 6.54 Å². The van der Waals surface area contributed by atoms with Crippen molar-refractivity contribution in [3.8, 4) is 0 Å². The molecule has 1 aromatic heterocycles. The summed E-state index contributed by atoms with van der Waals surface area (Å²) >= 11 is 0. The number of nitrogens with zero attached hydrogens (tertiary/aromatic N) is 3. The molecule has 0 saturated heterocycles. The first-order valence-electron chi connectivity index (χ1n) is 6.39. The molecule has 1 rings (SSSR count). The smallest absolute Gasteiger partial charge is 0.318 e. The third-order valence-electron chi connectivity index (χ3n) is 2.46. The zero-order valence-electron chi connectivity index (χ0n) is 11.7. The lowest BCUT2D eigenvalue weighted by Crippen LogP contribution is -2.35. The lowest BCUT2D eigenvalue weighted by atomic mass is 10.1. The van der Waals surface area contributed by atoms with Crippen molar-refractivity contribution < 1.29 is 9.52 Å². The predicted molar refractivity (Wildman–Crippen MR) is 70.5 cm³/mol. The molecule has 104 valence electrons. The van der Waals surface area contributed by atoms with Crippen LogP contribution in [0.3, 0.4) is 0 Å². The lowest BCUT2D eigenvalue weighted by molar-refractivity contribution is 0.288. The molecule has 0 aliphatic rings. The van der Waals surface area contributed by atoms with Crippen LogP contribution >= 0.6 is 0 Å². The summed E-state index contributed by atoms with van der Waals surface area (Å²) in [5.41, 5.74) is 0.0238. The average molecular weight is 256 g/mol. The van der Waals surface area contributed by atoms with E-state index in [0.717, 1.165) is 13.1 Å². The number of aliphatic hydroxyl groups excluding tert-OH is 1. The van der Waals surface area contributed by atoms with Crippen molar-refractivity contribution in [3.63, 3.8) is 0 Å². The van der Waals surface area contributed by atoms with Gasteiger partial charge in [0.2, 0.25) is 5.89 Å². The molecule has 1 aromatic rings. The van der Waals surface area contributed by atoms with Crippen molar-refractivity contribution in [3.05, 3.63) is 5.89 Å². The largest absolute Gasteiger partial charge is 0.407 e. The number of rotatable bonds is 7. The Bertz CT molecular complexity index is 346. The van der Waals surface area contributed by atoms with E-state index in [1.165, 1.54) is 0 Å². The highest BCUT2D eigenvalue weighted by Crippen LogP contribution is 2.13. The Balaban J connectivity index is 2.55. The topological polar surface area (TPSA) is 74.4 Å². The summed E-state index contributed by atoms with van der Waals surface area (Å²) in [7, 11) is 0. The molecule has 0 amide bonds. The molecule has 18 heavy (non-hydrogen) atoms. The fraction of sp³-hybridized carbons (Fsp3) is 0.833. The van der Waals surface area contributed by atoms with Gasteiger partial charge in [-0.05, 0) is 34.1 Å². The van der Waals surface area contributed by atoms with Crippen LogP contribution < -0.4 is 10.2 Å². The maximum atomic E-state index is 8.83. The SMILES string of the molecule is CCN(CCCO)c1nnc(CNC(C)(C)C)o1. The van der Waals surface area contributed by atoms with Crippen LogP contribution in [0.4, 0.5) is 6.01 Å². The van der Waals surface area contributed by atoms with Crippen LogP contribution in [0.15, 0.2) is 4.42 Å². The van der Waals surface area contributed by atoms with E-state index in [4.69, 9.17) is 9.52 Å². The lowest BCUT2D eigenvalue weighted by Gasteiger charge is -2.19. The third-order valence-corrected chi connectivity index (χ3v) is 2.46. The van der Waals surface area contributed by atoms with Crippen LogP contribution in [0.25, 0.3) is 0 Å². The van der Waals surface area contributed by atoms with Crippen molar-refractivity contribution >= 4 is 6.01 Å². The molecule has 0 saturated carbocycles. The van der Waals surface area contributed by atoms with Crippen molar-refractivity contribution in [2.45, 2.75) is 46.2 Å². The fourth-order valence-corrected chi connectivity index (χ4v) is 1.44. The second-order valence-corrected chi connectivity index (χ2v) is 5.24. The molecule has 0 atom stereocenters. The molecule has 1 heterocycles. The van der Waals surface area contributed by atoms with Gasteiger partial charge in [0.1, 0.15) is 0 Å². The molecule has 6 heteroatoms. The fourth-order valence-electron chi connectivity index (χ4n) is 1.44. The zero-order valence-corrected chi connectivity index (χ0v) is 11.7. The van der Waals surface area contributed by atoms with Gasteiger partial charge in [-0.1, -0.05) is 5.10 Å². The first kappa shape index (κ1) is 14.9. The highest BCUT2D eigenvalue weighted by molar-refractivity contribution is 5.23. The first-order valence-corrected chi connectivity index (χ1v) is 6.39. The number of aliphatic hydroxyl groups is 1. The molecule has 0 aliphatic carbocycles. The van der Waals surface area contributed by atoms with Gasteiger partial charge in [0.15, 0.2) is 0 Å². The summed E-state index contributed by atoms with van der Waals surface area (Å²) in [4.78, 5) is 1.96. The first-order chi connectivity index (χ1) is 8.46. The number of hydrogen-bond donors (Lipinski definition) is 2. The Morgan fingerprint density at radius 1 is 1.33 bits per heavy atom. The van der Waals surface area contributed by atoms with Gasteiger partial charge < -0.3 is 19.7 Å². The van der Waals surface area contributed by atoms with Crippen LogP contribution in [0.1, 0.15) is 40.0 Å². The average Bonchev–Trinajstić information content (AvgIpc) is 2.75. The van der Waals surface area contributed by atoms with Gasteiger partial charge in [-0.2, -0.15) is 0 Å². The molecule has 0 fully saturated rings. The zero-order chi connectivity index (χ0) is 13.6. The maximum absolute atomic E-state index is 8.83. The van der Waals surface area contributed by atoms with Crippen LogP contribution in [0.5, 0.6) is 0 Å². The summed E-state index contributed by atoms with van der Waals surface area (Å²) in [5, 5.41) is 20.2. The number of anilines is 1. The molecule has 6 nitrogen and oxygen atoms in total. The van der Waals surface area contributed by atoms with E-state index in [-0.39, 0.29) is 12.1 Å². The van der Waals surface area contributed by atoms with Gasteiger partial charge in [0.25, 0.3) is 0 Å². The number of hydrogen-bond acceptors (Lipinski definition) is 6. The number of nitrogens with one attached hydrogen (secondary N) is 1. The Morgan fingerprint density at radius 2 is 2.06 bits per heavy atom. The number of aromatic nitrogens is 2. The van der Waals surface area contributed by atoms with Crippen LogP contribution in [-0.4, -0.2) is 40.5 Å². The van der Waals surface area contributed by atoms with Gasteiger partial charge in [-0.3, -0.25) is 0 Å². The van der Waals surface area contributed by atoms with Crippen molar-refractivity contribution in [1.29, 1.82) is 0 Å².